The number of ether oxygens (including phenoxy) is 2. The standard InChI is InChI=1S/C11H10O4/c12-11(13)4-2-8-1-3-9-10(7-8)15-6-5-14-9/h1-4,7H,5-6H2,(H,12,13). The zero-order valence-electron chi connectivity index (χ0n) is 7.97. The Morgan fingerprint density at radius 3 is 2.73 bits per heavy atom. The van der Waals surface area contributed by atoms with E-state index in [0.29, 0.717) is 24.7 Å². The highest BCUT2D eigenvalue weighted by Gasteiger charge is 2.10. The maximum Gasteiger partial charge on any atom is 0.328 e. The van der Waals surface area contributed by atoms with Crippen molar-refractivity contribution in [2.45, 2.75) is 0 Å². The first kappa shape index (κ1) is 9.58. The van der Waals surface area contributed by atoms with E-state index in [2.05, 4.69) is 0 Å². The monoisotopic (exact) mass is 206 g/mol. The van der Waals surface area contributed by atoms with Crippen LogP contribution in [0.3, 0.4) is 0 Å². The molecular weight excluding hydrogens is 196 g/mol. The van der Waals surface area contributed by atoms with Crippen molar-refractivity contribution >= 4 is 12.0 Å². The molecule has 0 saturated carbocycles. The van der Waals surface area contributed by atoms with Gasteiger partial charge in [0.2, 0.25) is 0 Å². The molecule has 1 aromatic rings. The number of fused-ring (bicyclic) bond motifs is 1. The van der Waals surface area contributed by atoms with Gasteiger partial charge in [-0.25, -0.2) is 4.79 Å². The van der Waals surface area contributed by atoms with Gasteiger partial charge in [0.1, 0.15) is 13.2 Å². The van der Waals surface area contributed by atoms with Crippen LogP contribution in [0.25, 0.3) is 6.08 Å². The molecule has 0 spiro atoms. The highest BCUT2D eigenvalue weighted by atomic mass is 16.6. The topological polar surface area (TPSA) is 55.8 Å². The molecule has 0 fully saturated rings. The Morgan fingerprint density at radius 1 is 1.27 bits per heavy atom. The Balaban J connectivity index is 2.24. The smallest absolute Gasteiger partial charge is 0.328 e. The third-order valence-electron chi connectivity index (χ3n) is 1.98. The molecule has 0 aliphatic carbocycles. The Hall–Kier alpha value is -1.97. The van der Waals surface area contributed by atoms with Crippen LogP contribution >= 0.6 is 0 Å². The van der Waals surface area contributed by atoms with E-state index in [1.807, 2.05) is 0 Å². The lowest BCUT2D eigenvalue weighted by atomic mass is 10.2. The molecule has 2 rings (SSSR count). The Bertz CT molecular complexity index is 409. The summed E-state index contributed by atoms with van der Waals surface area (Å²) in [6.07, 6.45) is 2.60. The maximum absolute atomic E-state index is 10.3. The molecule has 1 aromatic carbocycles. The molecule has 15 heavy (non-hydrogen) atoms. The van der Waals surface area contributed by atoms with Crippen molar-refractivity contribution in [3.63, 3.8) is 0 Å². The van der Waals surface area contributed by atoms with Gasteiger partial charge < -0.3 is 14.6 Å². The molecule has 1 N–H and O–H groups in total. The van der Waals surface area contributed by atoms with Gasteiger partial charge in [0.05, 0.1) is 0 Å². The minimum Gasteiger partial charge on any atom is -0.486 e. The van der Waals surface area contributed by atoms with E-state index >= 15 is 0 Å². The summed E-state index contributed by atoms with van der Waals surface area (Å²) in [5.41, 5.74) is 0.779. The summed E-state index contributed by atoms with van der Waals surface area (Å²) in [5.74, 6) is 0.396. The zero-order chi connectivity index (χ0) is 10.7. The summed E-state index contributed by atoms with van der Waals surface area (Å²) >= 11 is 0. The summed E-state index contributed by atoms with van der Waals surface area (Å²) in [6, 6.07) is 5.32. The molecule has 4 heteroatoms. The van der Waals surface area contributed by atoms with E-state index in [-0.39, 0.29) is 0 Å². The molecule has 1 heterocycles. The van der Waals surface area contributed by atoms with Crippen molar-refractivity contribution in [2.75, 3.05) is 13.2 Å². The summed E-state index contributed by atoms with van der Waals surface area (Å²) in [4.78, 5) is 10.3. The number of rotatable bonds is 2. The van der Waals surface area contributed by atoms with E-state index in [4.69, 9.17) is 14.6 Å². The second-order valence-corrected chi connectivity index (χ2v) is 3.07. The van der Waals surface area contributed by atoms with Gasteiger partial charge in [-0.15, -0.1) is 0 Å². The number of carbonyl (C=O) groups is 1. The van der Waals surface area contributed by atoms with Gasteiger partial charge in [-0.05, 0) is 23.8 Å². The number of carboxylic acid groups (broad SMARTS) is 1. The number of aliphatic carboxylic acids is 1. The molecule has 4 nitrogen and oxygen atoms in total. The third-order valence-corrected chi connectivity index (χ3v) is 1.98. The third kappa shape index (κ3) is 2.28. The molecule has 0 bridgehead atoms. The fourth-order valence-electron chi connectivity index (χ4n) is 1.33. The minimum absolute atomic E-state index is 0.527. The molecule has 1 aliphatic rings. The summed E-state index contributed by atoms with van der Waals surface area (Å²) in [6.45, 7) is 1.08. The Kier molecular flexibility index (Phi) is 2.58. The molecule has 0 amide bonds. The molecule has 78 valence electrons. The van der Waals surface area contributed by atoms with Crippen LogP contribution in [0.2, 0.25) is 0 Å². The first-order valence-corrected chi connectivity index (χ1v) is 4.56. The van der Waals surface area contributed by atoms with Gasteiger partial charge in [0.25, 0.3) is 0 Å². The molecule has 1 aliphatic heterocycles. The quantitative estimate of drug-likeness (QED) is 0.746. The largest absolute Gasteiger partial charge is 0.486 e. The molecule has 0 unspecified atom stereocenters. The predicted octanol–water partition coefficient (Wildman–Crippen LogP) is 1.56. The van der Waals surface area contributed by atoms with Crippen LogP contribution in [0.5, 0.6) is 11.5 Å². The fourth-order valence-corrected chi connectivity index (χ4v) is 1.33. The summed E-state index contributed by atoms with van der Waals surface area (Å²) in [7, 11) is 0. The van der Waals surface area contributed by atoms with Crippen LogP contribution in [0.4, 0.5) is 0 Å². The van der Waals surface area contributed by atoms with Crippen molar-refractivity contribution < 1.29 is 19.4 Å². The lowest BCUT2D eigenvalue weighted by Crippen LogP contribution is -2.15. The van der Waals surface area contributed by atoms with Crippen molar-refractivity contribution in [3.05, 3.63) is 29.8 Å². The normalized spacial score (nSPS) is 14.1. The highest BCUT2D eigenvalue weighted by molar-refractivity contribution is 5.85. The van der Waals surface area contributed by atoms with E-state index in [1.54, 1.807) is 18.2 Å². The first-order chi connectivity index (χ1) is 7.25. The maximum atomic E-state index is 10.3. The molecule has 0 atom stereocenters. The van der Waals surface area contributed by atoms with Crippen LogP contribution in [-0.4, -0.2) is 24.3 Å². The van der Waals surface area contributed by atoms with Crippen molar-refractivity contribution in [2.24, 2.45) is 0 Å². The van der Waals surface area contributed by atoms with Gasteiger partial charge in [-0.1, -0.05) is 6.07 Å². The SMILES string of the molecule is O=C(O)C=Cc1ccc2c(c1)OCCO2. The minimum atomic E-state index is -0.968. The predicted molar refractivity (Wildman–Crippen MR) is 54.1 cm³/mol. The first-order valence-electron chi connectivity index (χ1n) is 4.56. The van der Waals surface area contributed by atoms with Gasteiger partial charge in [-0.3, -0.25) is 0 Å². The number of hydrogen-bond acceptors (Lipinski definition) is 3. The van der Waals surface area contributed by atoms with Crippen LogP contribution in [0, 0.1) is 0 Å². The fraction of sp³-hybridized carbons (Fsp3) is 0.182. The molecule has 0 radical (unpaired) electrons. The van der Waals surface area contributed by atoms with Crippen molar-refractivity contribution in [1.29, 1.82) is 0 Å². The second kappa shape index (κ2) is 4.04. The van der Waals surface area contributed by atoms with Crippen molar-refractivity contribution in [3.8, 4) is 11.5 Å². The average Bonchev–Trinajstić information content (AvgIpc) is 2.26. The number of hydrogen-bond donors (Lipinski definition) is 1. The van der Waals surface area contributed by atoms with Crippen LogP contribution < -0.4 is 9.47 Å². The molecule has 0 saturated heterocycles. The van der Waals surface area contributed by atoms with Crippen LogP contribution in [-0.2, 0) is 4.79 Å². The molecule has 0 aromatic heterocycles. The zero-order valence-corrected chi connectivity index (χ0v) is 7.97. The number of benzene rings is 1. The van der Waals surface area contributed by atoms with Crippen LogP contribution in [0.15, 0.2) is 24.3 Å². The van der Waals surface area contributed by atoms with E-state index < -0.39 is 5.97 Å². The Labute approximate surface area is 86.7 Å². The van der Waals surface area contributed by atoms with E-state index in [0.717, 1.165) is 11.6 Å². The van der Waals surface area contributed by atoms with Crippen LogP contribution in [0.1, 0.15) is 5.56 Å². The van der Waals surface area contributed by atoms with Gasteiger partial charge in [0, 0.05) is 6.08 Å². The van der Waals surface area contributed by atoms with Gasteiger partial charge in [-0.2, -0.15) is 0 Å². The van der Waals surface area contributed by atoms with Crippen molar-refractivity contribution in [1.82, 2.24) is 0 Å². The second-order valence-electron chi connectivity index (χ2n) is 3.07. The van der Waals surface area contributed by atoms with E-state index in [1.165, 1.54) is 6.08 Å². The number of carboxylic acids is 1. The Morgan fingerprint density at radius 2 is 2.00 bits per heavy atom. The van der Waals surface area contributed by atoms with Gasteiger partial charge >= 0.3 is 5.97 Å². The lowest BCUT2D eigenvalue weighted by molar-refractivity contribution is -0.131. The van der Waals surface area contributed by atoms with Gasteiger partial charge in [0.15, 0.2) is 11.5 Å². The summed E-state index contributed by atoms with van der Waals surface area (Å²) in [5, 5.41) is 8.47. The highest BCUT2D eigenvalue weighted by Crippen LogP contribution is 2.30. The summed E-state index contributed by atoms with van der Waals surface area (Å²) < 4.78 is 10.7. The van der Waals surface area contributed by atoms with E-state index in [9.17, 15) is 4.79 Å². The molecular formula is C11H10O4. The lowest BCUT2D eigenvalue weighted by Gasteiger charge is -2.18. The average molecular weight is 206 g/mol.